The van der Waals surface area contributed by atoms with E-state index < -0.39 is 5.97 Å². The fourth-order valence-electron chi connectivity index (χ4n) is 3.33. The molecule has 0 saturated carbocycles. The Hall–Kier alpha value is -3.24. The highest BCUT2D eigenvalue weighted by Gasteiger charge is 2.11. The zero-order valence-electron chi connectivity index (χ0n) is 17.0. The Labute approximate surface area is 176 Å². The molecular weight excluding hydrogens is 379 g/mol. The van der Waals surface area contributed by atoms with E-state index >= 15 is 0 Å². The predicted octanol–water partition coefficient (Wildman–Crippen LogP) is 5.36. The molecule has 0 fully saturated rings. The van der Waals surface area contributed by atoms with Crippen LogP contribution in [0.25, 0.3) is 22.3 Å². The molecule has 3 aromatic carbocycles. The molecule has 0 atom stereocenters. The molecule has 3 rings (SSSR count). The van der Waals surface area contributed by atoms with E-state index in [1.54, 1.807) is 19.1 Å². The molecular formula is C26H25FO3. The average Bonchev–Trinajstić information content (AvgIpc) is 2.75. The largest absolute Gasteiger partial charge is 0.462 e. The molecule has 0 radical (unpaired) electrons. The Morgan fingerprint density at radius 1 is 0.933 bits per heavy atom. The summed E-state index contributed by atoms with van der Waals surface area (Å²) in [4.78, 5) is 11.6. The number of carbonyl (C=O) groups excluding carboxylic acids is 1. The van der Waals surface area contributed by atoms with Gasteiger partial charge in [0.15, 0.2) is 0 Å². The number of ether oxygens (including phenoxy) is 1. The fourth-order valence-corrected chi connectivity index (χ4v) is 3.33. The van der Waals surface area contributed by atoms with Gasteiger partial charge in [-0.15, -0.1) is 0 Å². The number of carbonyl (C=O) groups is 1. The number of rotatable bonds is 8. The third-order valence-corrected chi connectivity index (χ3v) is 4.93. The number of esters is 1. The zero-order chi connectivity index (χ0) is 21.5. The lowest BCUT2D eigenvalue weighted by Gasteiger charge is -2.13. The fraction of sp³-hybridized carbons (Fsp3) is 0.192. The molecule has 0 aromatic heterocycles. The molecule has 0 saturated heterocycles. The van der Waals surface area contributed by atoms with Crippen LogP contribution in [0.2, 0.25) is 0 Å². The summed E-state index contributed by atoms with van der Waals surface area (Å²) < 4.78 is 20.1. The molecule has 0 amide bonds. The van der Waals surface area contributed by atoms with E-state index in [0.717, 1.165) is 27.8 Å². The van der Waals surface area contributed by atoms with Gasteiger partial charge in [0.25, 0.3) is 0 Å². The molecule has 154 valence electrons. The molecule has 1 N–H and O–H groups in total. The SMILES string of the molecule is C=C(C)C(=O)OCCc1cc(-c2ccc(-c3ccccc3)cc2F)ccc1CCO. The highest BCUT2D eigenvalue weighted by molar-refractivity contribution is 5.86. The van der Waals surface area contributed by atoms with Crippen LogP contribution < -0.4 is 0 Å². The minimum Gasteiger partial charge on any atom is -0.462 e. The van der Waals surface area contributed by atoms with Crippen LogP contribution in [0.15, 0.2) is 78.9 Å². The standard InChI is InChI=1S/C26H25FO3/c1-18(2)26(29)30-15-13-22-16-23(9-8-20(22)12-14-28)24-11-10-21(17-25(24)27)19-6-4-3-5-7-19/h3-11,16-17,28H,1,12-15H2,2H3. The maximum Gasteiger partial charge on any atom is 0.333 e. The summed E-state index contributed by atoms with van der Waals surface area (Å²) in [6.45, 7) is 5.38. The lowest BCUT2D eigenvalue weighted by Crippen LogP contribution is -2.09. The average molecular weight is 404 g/mol. The second-order valence-electron chi connectivity index (χ2n) is 7.18. The lowest BCUT2D eigenvalue weighted by molar-refractivity contribution is -0.138. The number of aliphatic hydroxyl groups excluding tert-OH is 1. The number of hydrogen-bond acceptors (Lipinski definition) is 3. The molecule has 0 aliphatic rings. The van der Waals surface area contributed by atoms with Gasteiger partial charge in [0, 0.05) is 24.2 Å². The van der Waals surface area contributed by atoms with Crippen molar-refractivity contribution in [2.45, 2.75) is 19.8 Å². The van der Waals surface area contributed by atoms with Gasteiger partial charge in [-0.25, -0.2) is 9.18 Å². The number of hydrogen-bond donors (Lipinski definition) is 1. The van der Waals surface area contributed by atoms with Gasteiger partial charge in [-0.2, -0.15) is 0 Å². The van der Waals surface area contributed by atoms with Gasteiger partial charge in [0.1, 0.15) is 5.82 Å². The summed E-state index contributed by atoms with van der Waals surface area (Å²) in [6, 6.07) is 20.6. The molecule has 30 heavy (non-hydrogen) atoms. The van der Waals surface area contributed by atoms with Gasteiger partial charge < -0.3 is 9.84 Å². The first-order valence-electron chi connectivity index (χ1n) is 9.90. The Kier molecular flexibility index (Phi) is 7.15. The van der Waals surface area contributed by atoms with Crippen LogP contribution >= 0.6 is 0 Å². The first-order chi connectivity index (χ1) is 14.5. The first-order valence-corrected chi connectivity index (χ1v) is 9.90. The van der Waals surface area contributed by atoms with E-state index in [-0.39, 0.29) is 19.0 Å². The Balaban J connectivity index is 1.86. The number of benzene rings is 3. The van der Waals surface area contributed by atoms with Crippen molar-refractivity contribution in [3.8, 4) is 22.3 Å². The van der Waals surface area contributed by atoms with Crippen molar-refractivity contribution in [2.75, 3.05) is 13.2 Å². The molecule has 3 aromatic rings. The third kappa shape index (κ3) is 5.22. The second kappa shape index (κ2) is 9.99. The Morgan fingerprint density at radius 3 is 2.33 bits per heavy atom. The van der Waals surface area contributed by atoms with Crippen LogP contribution in [0, 0.1) is 5.82 Å². The number of aliphatic hydroxyl groups is 1. The highest BCUT2D eigenvalue weighted by atomic mass is 19.1. The molecule has 0 aliphatic heterocycles. The van der Waals surface area contributed by atoms with Crippen LogP contribution in [0.5, 0.6) is 0 Å². The summed E-state index contributed by atoms with van der Waals surface area (Å²) in [5, 5.41) is 9.34. The summed E-state index contributed by atoms with van der Waals surface area (Å²) in [6.07, 6.45) is 0.964. The number of halogens is 1. The summed E-state index contributed by atoms with van der Waals surface area (Å²) in [7, 11) is 0. The van der Waals surface area contributed by atoms with Crippen LogP contribution in [0.3, 0.4) is 0 Å². The monoisotopic (exact) mass is 404 g/mol. The van der Waals surface area contributed by atoms with E-state index in [1.807, 2.05) is 54.6 Å². The van der Waals surface area contributed by atoms with Gasteiger partial charge in [-0.3, -0.25) is 0 Å². The summed E-state index contributed by atoms with van der Waals surface area (Å²) >= 11 is 0. The maximum atomic E-state index is 14.9. The minimum absolute atomic E-state index is 0.0119. The van der Waals surface area contributed by atoms with Crippen LogP contribution in [-0.2, 0) is 22.4 Å². The minimum atomic E-state index is -0.433. The predicted molar refractivity (Wildman–Crippen MR) is 118 cm³/mol. The van der Waals surface area contributed by atoms with Crippen molar-refractivity contribution in [1.82, 2.24) is 0 Å². The second-order valence-corrected chi connectivity index (χ2v) is 7.18. The van der Waals surface area contributed by atoms with E-state index in [4.69, 9.17) is 4.74 Å². The summed E-state index contributed by atoms with van der Waals surface area (Å²) in [5.41, 5.74) is 5.25. The third-order valence-electron chi connectivity index (χ3n) is 4.93. The van der Waals surface area contributed by atoms with Crippen molar-refractivity contribution < 1.29 is 19.0 Å². The molecule has 0 bridgehead atoms. The van der Waals surface area contributed by atoms with Gasteiger partial charge in [0.05, 0.1) is 6.61 Å². The van der Waals surface area contributed by atoms with E-state index in [0.29, 0.717) is 24.0 Å². The lowest BCUT2D eigenvalue weighted by atomic mass is 9.94. The quantitative estimate of drug-likeness (QED) is 0.406. The van der Waals surface area contributed by atoms with Crippen LogP contribution in [0.1, 0.15) is 18.1 Å². The normalized spacial score (nSPS) is 10.6. The topological polar surface area (TPSA) is 46.5 Å². The van der Waals surface area contributed by atoms with Crippen molar-refractivity contribution in [3.05, 3.63) is 95.8 Å². The van der Waals surface area contributed by atoms with E-state index in [9.17, 15) is 14.3 Å². The van der Waals surface area contributed by atoms with Crippen molar-refractivity contribution in [1.29, 1.82) is 0 Å². The Bertz CT molecular complexity index is 1040. The van der Waals surface area contributed by atoms with E-state index in [2.05, 4.69) is 6.58 Å². The van der Waals surface area contributed by atoms with E-state index in [1.165, 1.54) is 0 Å². The van der Waals surface area contributed by atoms with Crippen molar-refractivity contribution in [2.24, 2.45) is 0 Å². The first kappa shape index (κ1) is 21.5. The Morgan fingerprint density at radius 2 is 1.67 bits per heavy atom. The molecule has 0 spiro atoms. The molecule has 0 aliphatic carbocycles. The van der Waals surface area contributed by atoms with Crippen molar-refractivity contribution in [3.63, 3.8) is 0 Å². The molecule has 0 unspecified atom stereocenters. The van der Waals surface area contributed by atoms with Gasteiger partial charge in [-0.05, 0) is 47.2 Å². The van der Waals surface area contributed by atoms with Gasteiger partial charge >= 0.3 is 5.97 Å². The maximum absolute atomic E-state index is 14.9. The molecule has 0 heterocycles. The van der Waals surface area contributed by atoms with Gasteiger partial charge in [-0.1, -0.05) is 67.2 Å². The molecule has 4 heteroatoms. The highest BCUT2D eigenvalue weighted by Crippen LogP contribution is 2.29. The van der Waals surface area contributed by atoms with Crippen LogP contribution in [0.4, 0.5) is 4.39 Å². The molecule has 3 nitrogen and oxygen atoms in total. The zero-order valence-corrected chi connectivity index (χ0v) is 17.0. The van der Waals surface area contributed by atoms with Gasteiger partial charge in [0.2, 0.25) is 0 Å². The smallest absolute Gasteiger partial charge is 0.333 e. The van der Waals surface area contributed by atoms with Crippen molar-refractivity contribution >= 4 is 5.97 Å². The van der Waals surface area contributed by atoms with Crippen LogP contribution in [-0.4, -0.2) is 24.3 Å². The summed E-state index contributed by atoms with van der Waals surface area (Å²) in [5.74, 6) is -0.733.